The Kier molecular flexibility index (Phi) is 5.77. The van der Waals surface area contributed by atoms with Gasteiger partial charge in [-0.25, -0.2) is 0 Å². The number of hydrogen-bond acceptors (Lipinski definition) is 3. The Morgan fingerprint density at radius 1 is 1.33 bits per heavy atom. The van der Waals surface area contributed by atoms with Crippen molar-refractivity contribution in [2.24, 2.45) is 11.8 Å². The molecule has 0 radical (unpaired) electrons. The third-order valence-corrected chi connectivity index (χ3v) is 4.90. The van der Waals surface area contributed by atoms with Crippen LogP contribution >= 0.6 is 0 Å². The van der Waals surface area contributed by atoms with Crippen LogP contribution in [0.25, 0.3) is 0 Å². The number of aromatic nitrogens is 1. The van der Waals surface area contributed by atoms with Crippen LogP contribution < -0.4 is 5.32 Å². The highest BCUT2D eigenvalue weighted by Gasteiger charge is 2.31. The summed E-state index contributed by atoms with van der Waals surface area (Å²) >= 11 is 0. The van der Waals surface area contributed by atoms with Crippen LogP contribution in [-0.2, 0) is 6.54 Å². The third kappa shape index (κ3) is 4.27. The molecule has 3 atom stereocenters. The van der Waals surface area contributed by atoms with E-state index in [0.29, 0.717) is 18.0 Å². The van der Waals surface area contributed by atoms with Crippen molar-refractivity contribution in [2.45, 2.75) is 59.7 Å². The Balaban J connectivity index is 2.10. The molecule has 3 heteroatoms. The highest BCUT2D eigenvalue weighted by Crippen LogP contribution is 2.21. The van der Waals surface area contributed by atoms with E-state index in [9.17, 15) is 0 Å². The van der Waals surface area contributed by atoms with Crippen molar-refractivity contribution in [3.8, 4) is 0 Å². The number of hydrogen-bond donors (Lipinski definition) is 1. The van der Waals surface area contributed by atoms with Crippen LogP contribution in [0.1, 0.15) is 45.5 Å². The van der Waals surface area contributed by atoms with E-state index in [0.717, 1.165) is 31.2 Å². The molecule has 0 spiro atoms. The van der Waals surface area contributed by atoms with Gasteiger partial charge in [0.25, 0.3) is 0 Å². The Labute approximate surface area is 130 Å². The van der Waals surface area contributed by atoms with Crippen LogP contribution in [0.2, 0.25) is 0 Å². The van der Waals surface area contributed by atoms with E-state index in [1.807, 2.05) is 0 Å². The van der Waals surface area contributed by atoms with Crippen LogP contribution in [0, 0.1) is 18.8 Å². The molecular formula is C18H31N3. The summed E-state index contributed by atoms with van der Waals surface area (Å²) in [5.41, 5.74) is 2.31. The van der Waals surface area contributed by atoms with E-state index in [4.69, 9.17) is 0 Å². The molecule has 0 saturated carbocycles. The molecule has 0 amide bonds. The van der Waals surface area contributed by atoms with Crippen LogP contribution in [0.3, 0.4) is 0 Å². The number of pyridine rings is 1. The van der Waals surface area contributed by atoms with Crippen molar-refractivity contribution in [1.29, 1.82) is 0 Å². The summed E-state index contributed by atoms with van der Waals surface area (Å²) in [6, 6.07) is 7.56. The molecule has 1 aromatic rings. The van der Waals surface area contributed by atoms with Gasteiger partial charge in [-0.05, 0) is 30.9 Å². The molecule has 0 aromatic carbocycles. The molecule has 1 aliphatic heterocycles. The van der Waals surface area contributed by atoms with Crippen molar-refractivity contribution < 1.29 is 0 Å². The lowest BCUT2D eigenvalue weighted by Gasteiger charge is -2.44. The summed E-state index contributed by atoms with van der Waals surface area (Å²) in [6.45, 7) is 14.6. The van der Waals surface area contributed by atoms with Gasteiger partial charge in [0.05, 0.1) is 5.69 Å². The monoisotopic (exact) mass is 289 g/mol. The lowest BCUT2D eigenvalue weighted by atomic mass is 9.92. The molecule has 0 aliphatic carbocycles. The van der Waals surface area contributed by atoms with Gasteiger partial charge in [0.1, 0.15) is 0 Å². The third-order valence-electron chi connectivity index (χ3n) is 4.90. The van der Waals surface area contributed by atoms with Crippen LogP contribution in [0.5, 0.6) is 0 Å². The van der Waals surface area contributed by atoms with Crippen molar-refractivity contribution in [1.82, 2.24) is 15.2 Å². The SMILES string of the molecule is CCC(C)C1CN(Cc2cccc(C)n2)C(C(C)C)CN1. The van der Waals surface area contributed by atoms with E-state index in [-0.39, 0.29) is 0 Å². The minimum absolute atomic E-state index is 0.604. The second-order valence-corrected chi connectivity index (χ2v) is 6.91. The van der Waals surface area contributed by atoms with Gasteiger partial charge in [0.15, 0.2) is 0 Å². The standard InChI is InChI=1S/C18H31N3/c1-6-14(4)17-12-21(18(10-19-17)13(2)3)11-16-9-7-8-15(5)20-16/h7-9,13-14,17-19H,6,10-12H2,1-5H3. The molecule has 1 aliphatic rings. The van der Waals surface area contributed by atoms with Crippen LogP contribution in [0.4, 0.5) is 0 Å². The fourth-order valence-electron chi connectivity index (χ4n) is 3.25. The van der Waals surface area contributed by atoms with E-state index < -0.39 is 0 Å². The lowest BCUT2D eigenvalue weighted by molar-refractivity contribution is 0.0741. The first-order valence-corrected chi connectivity index (χ1v) is 8.41. The molecule has 3 nitrogen and oxygen atoms in total. The predicted molar refractivity (Wildman–Crippen MR) is 89.3 cm³/mol. The summed E-state index contributed by atoms with van der Waals surface area (Å²) in [6.07, 6.45) is 1.24. The van der Waals surface area contributed by atoms with E-state index >= 15 is 0 Å². The first-order valence-electron chi connectivity index (χ1n) is 8.41. The molecule has 21 heavy (non-hydrogen) atoms. The summed E-state index contributed by atoms with van der Waals surface area (Å²) in [7, 11) is 0. The number of rotatable bonds is 5. The van der Waals surface area contributed by atoms with Crippen LogP contribution in [0.15, 0.2) is 18.2 Å². The first kappa shape index (κ1) is 16.4. The highest BCUT2D eigenvalue weighted by atomic mass is 15.2. The zero-order valence-corrected chi connectivity index (χ0v) is 14.3. The van der Waals surface area contributed by atoms with Crippen molar-refractivity contribution in [3.63, 3.8) is 0 Å². The summed E-state index contributed by atoms with van der Waals surface area (Å²) in [5, 5.41) is 3.77. The van der Waals surface area contributed by atoms with Crippen LogP contribution in [-0.4, -0.2) is 35.1 Å². The Hall–Kier alpha value is -0.930. The minimum Gasteiger partial charge on any atom is -0.311 e. The summed E-state index contributed by atoms with van der Waals surface area (Å²) in [5.74, 6) is 1.39. The Morgan fingerprint density at radius 2 is 2.10 bits per heavy atom. The summed E-state index contributed by atoms with van der Waals surface area (Å²) in [4.78, 5) is 7.33. The second kappa shape index (κ2) is 7.37. The molecule has 2 rings (SSSR count). The lowest BCUT2D eigenvalue weighted by Crippen LogP contribution is -2.59. The van der Waals surface area contributed by atoms with Crippen molar-refractivity contribution in [2.75, 3.05) is 13.1 Å². The average Bonchev–Trinajstić information content (AvgIpc) is 2.46. The van der Waals surface area contributed by atoms with Gasteiger partial charge in [0, 0.05) is 37.4 Å². The maximum absolute atomic E-state index is 4.69. The number of nitrogens with zero attached hydrogens (tertiary/aromatic N) is 2. The van der Waals surface area contributed by atoms with Gasteiger partial charge in [-0.2, -0.15) is 0 Å². The minimum atomic E-state index is 0.604. The van der Waals surface area contributed by atoms with Gasteiger partial charge in [-0.3, -0.25) is 9.88 Å². The molecule has 118 valence electrons. The fraction of sp³-hybridized carbons (Fsp3) is 0.722. The van der Waals surface area contributed by atoms with Gasteiger partial charge in [0.2, 0.25) is 0 Å². The fourth-order valence-corrected chi connectivity index (χ4v) is 3.25. The predicted octanol–water partition coefficient (Wildman–Crippen LogP) is 3.23. The number of aryl methyl sites for hydroxylation is 1. The molecule has 1 saturated heterocycles. The second-order valence-electron chi connectivity index (χ2n) is 6.91. The maximum Gasteiger partial charge on any atom is 0.0547 e. The molecule has 0 bridgehead atoms. The highest BCUT2D eigenvalue weighted by molar-refractivity contribution is 5.10. The van der Waals surface area contributed by atoms with Crippen molar-refractivity contribution in [3.05, 3.63) is 29.6 Å². The molecule has 1 aromatic heterocycles. The molecule has 3 unspecified atom stereocenters. The van der Waals surface area contributed by atoms with E-state index in [1.54, 1.807) is 0 Å². The van der Waals surface area contributed by atoms with Gasteiger partial charge < -0.3 is 5.32 Å². The average molecular weight is 289 g/mol. The normalized spacial score (nSPS) is 25.2. The number of nitrogens with one attached hydrogen (secondary N) is 1. The van der Waals surface area contributed by atoms with E-state index in [1.165, 1.54) is 12.1 Å². The zero-order chi connectivity index (χ0) is 15.4. The molecular weight excluding hydrogens is 258 g/mol. The first-order chi connectivity index (χ1) is 10.0. The smallest absolute Gasteiger partial charge is 0.0547 e. The zero-order valence-electron chi connectivity index (χ0n) is 14.3. The van der Waals surface area contributed by atoms with Gasteiger partial charge in [-0.15, -0.1) is 0 Å². The molecule has 2 heterocycles. The molecule has 1 N–H and O–H groups in total. The van der Waals surface area contributed by atoms with Crippen molar-refractivity contribution >= 4 is 0 Å². The topological polar surface area (TPSA) is 28.2 Å². The van der Waals surface area contributed by atoms with Gasteiger partial charge in [-0.1, -0.05) is 40.2 Å². The maximum atomic E-state index is 4.69. The van der Waals surface area contributed by atoms with Gasteiger partial charge >= 0.3 is 0 Å². The van der Waals surface area contributed by atoms with E-state index in [2.05, 4.69) is 68.0 Å². The molecule has 1 fully saturated rings. The summed E-state index contributed by atoms with van der Waals surface area (Å²) < 4.78 is 0. The Morgan fingerprint density at radius 3 is 2.71 bits per heavy atom. The quantitative estimate of drug-likeness (QED) is 0.902. The Bertz CT molecular complexity index is 444. The largest absolute Gasteiger partial charge is 0.311 e. The number of piperazine rings is 1.